The first kappa shape index (κ1) is 47.6. The van der Waals surface area contributed by atoms with Crippen LogP contribution in [-0.4, -0.2) is 174 Å². The summed E-state index contributed by atoms with van der Waals surface area (Å²) in [6.07, 6.45) is -15.5. The summed E-state index contributed by atoms with van der Waals surface area (Å²) in [5.74, 6) is -8.87. The highest BCUT2D eigenvalue weighted by atomic mass is 32.2. The molecule has 1 aromatic carbocycles. The number of aliphatic hydroxyl groups excluding tert-OH is 6. The van der Waals surface area contributed by atoms with E-state index in [-0.39, 0.29) is 6.61 Å². The lowest BCUT2D eigenvalue weighted by atomic mass is 9.87. The van der Waals surface area contributed by atoms with Gasteiger partial charge in [0.25, 0.3) is 11.6 Å². The molecule has 2 fully saturated rings. The van der Waals surface area contributed by atoms with Crippen LogP contribution >= 0.6 is 11.8 Å². The zero-order valence-electron chi connectivity index (χ0n) is 32.5. The Morgan fingerprint density at radius 1 is 0.929 bits per heavy atom. The summed E-state index contributed by atoms with van der Waals surface area (Å²) in [5, 5.41) is 70.4. The van der Waals surface area contributed by atoms with Crippen molar-refractivity contribution in [3.05, 3.63) is 30.3 Å². The molecule has 2 aliphatic heterocycles. The zero-order chi connectivity index (χ0) is 42.2. The Hall–Kier alpha value is -2.77. The Kier molecular flexibility index (Phi) is 17.2. The van der Waals surface area contributed by atoms with Crippen molar-refractivity contribution < 1.29 is 78.2 Å². The number of hydrogen-bond donors (Lipinski definition) is 9. The number of methoxy groups -OCH3 is 2. The molecule has 21 heteroatoms. The SMILES string of the molecule is COC(=O)[C@@]1(OCC[Si](C)(C)C)C[C@H](O)[C@@H](NC(C)=O)[C@H]([C@H](O)[C@@H](CN)O[C@@]2(C(=O)OC)O[C@@H]([C@H](O)[C@H](O)CO)[C@H](NC(C)=O)[C@@H](O)[C@@H]2Sc2ccccc2)O1. The van der Waals surface area contributed by atoms with E-state index in [0.29, 0.717) is 10.9 Å². The van der Waals surface area contributed by atoms with E-state index in [0.717, 1.165) is 39.8 Å². The topological polar surface area (TPSA) is 295 Å². The van der Waals surface area contributed by atoms with E-state index in [1.807, 2.05) is 0 Å². The lowest BCUT2D eigenvalue weighted by Gasteiger charge is -2.52. The smallest absolute Gasteiger partial charge is 0.367 e. The van der Waals surface area contributed by atoms with Gasteiger partial charge >= 0.3 is 11.9 Å². The summed E-state index contributed by atoms with van der Waals surface area (Å²) in [6, 6.07) is 5.87. The molecule has 318 valence electrons. The van der Waals surface area contributed by atoms with Crippen LogP contribution in [0.3, 0.4) is 0 Å². The molecular weight excluding hydrogens is 779 g/mol. The van der Waals surface area contributed by atoms with Crippen molar-refractivity contribution in [3.8, 4) is 0 Å². The molecule has 0 aliphatic carbocycles. The Labute approximate surface area is 330 Å². The summed E-state index contributed by atoms with van der Waals surface area (Å²) in [7, 11) is 0.286. The number of ether oxygens (including phenoxy) is 6. The van der Waals surface area contributed by atoms with Crippen molar-refractivity contribution in [1.29, 1.82) is 0 Å². The average Bonchev–Trinajstić information content (AvgIpc) is 3.15. The normalized spacial score (nSPS) is 31.6. The fourth-order valence-electron chi connectivity index (χ4n) is 6.52. The minimum absolute atomic E-state index is 0.00355. The molecule has 56 heavy (non-hydrogen) atoms. The number of hydrogen-bond acceptors (Lipinski definition) is 18. The summed E-state index contributed by atoms with van der Waals surface area (Å²) < 4.78 is 34.8. The van der Waals surface area contributed by atoms with E-state index in [9.17, 15) is 49.8 Å². The van der Waals surface area contributed by atoms with Crippen LogP contribution in [0.15, 0.2) is 35.2 Å². The van der Waals surface area contributed by atoms with Crippen LogP contribution in [0.4, 0.5) is 0 Å². The number of aliphatic hydroxyl groups is 6. The quantitative estimate of drug-likeness (QED) is 0.0549. The minimum atomic E-state index is -2.85. The third-order valence-electron chi connectivity index (χ3n) is 9.38. The molecule has 0 bridgehead atoms. The van der Waals surface area contributed by atoms with Crippen LogP contribution in [-0.2, 0) is 47.6 Å². The number of thioether (sulfide) groups is 1. The largest absolute Gasteiger partial charge is 0.465 e. The van der Waals surface area contributed by atoms with E-state index >= 15 is 0 Å². The molecular formula is C35H57N3O16SSi. The van der Waals surface area contributed by atoms with Gasteiger partial charge in [0, 0.05) is 46.4 Å². The fraction of sp³-hybridized carbons (Fsp3) is 0.714. The van der Waals surface area contributed by atoms with E-state index < -0.39 is 129 Å². The van der Waals surface area contributed by atoms with E-state index in [1.54, 1.807) is 30.3 Å². The second kappa shape index (κ2) is 20.3. The highest BCUT2D eigenvalue weighted by Gasteiger charge is 2.65. The molecule has 0 unspecified atom stereocenters. The van der Waals surface area contributed by atoms with Crippen molar-refractivity contribution in [1.82, 2.24) is 10.6 Å². The molecule has 10 N–H and O–H groups in total. The highest BCUT2D eigenvalue weighted by Crippen LogP contribution is 2.45. The summed E-state index contributed by atoms with van der Waals surface area (Å²) in [6.45, 7) is 6.80. The molecule has 2 heterocycles. The monoisotopic (exact) mass is 835 g/mol. The molecule has 2 saturated heterocycles. The van der Waals surface area contributed by atoms with Crippen molar-refractivity contribution in [2.75, 3.05) is 34.0 Å². The molecule has 0 radical (unpaired) electrons. The number of amides is 2. The van der Waals surface area contributed by atoms with Crippen LogP contribution in [0.2, 0.25) is 25.7 Å². The van der Waals surface area contributed by atoms with Crippen molar-refractivity contribution in [3.63, 3.8) is 0 Å². The second-order valence-corrected chi connectivity index (χ2v) is 21.8. The summed E-state index contributed by atoms with van der Waals surface area (Å²) in [4.78, 5) is 52.7. The van der Waals surface area contributed by atoms with Crippen LogP contribution in [0, 0.1) is 0 Å². The van der Waals surface area contributed by atoms with Gasteiger partial charge in [0.05, 0.1) is 45.1 Å². The highest BCUT2D eigenvalue weighted by molar-refractivity contribution is 8.00. The molecule has 0 aromatic heterocycles. The molecule has 0 saturated carbocycles. The Balaban J connectivity index is 2.22. The Morgan fingerprint density at radius 3 is 2.02 bits per heavy atom. The van der Waals surface area contributed by atoms with Crippen LogP contribution in [0.25, 0.3) is 0 Å². The second-order valence-electron chi connectivity index (χ2n) is 14.9. The van der Waals surface area contributed by atoms with Gasteiger partial charge in [0.15, 0.2) is 0 Å². The fourth-order valence-corrected chi connectivity index (χ4v) is 8.51. The lowest BCUT2D eigenvalue weighted by Crippen LogP contribution is -2.75. The third kappa shape index (κ3) is 11.2. The molecule has 1 aromatic rings. The predicted octanol–water partition coefficient (Wildman–Crippen LogP) is -2.42. The van der Waals surface area contributed by atoms with Gasteiger partial charge in [-0.2, -0.15) is 0 Å². The molecule has 19 nitrogen and oxygen atoms in total. The van der Waals surface area contributed by atoms with Gasteiger partial charge in [-0.05, 0) is 18.2 Å². The predicted molar refractivity (Wildman–Crippen MR) is 200 cm³/mol. The van der Waals surface area contributed by atoms with E-state index in [1.165, 1.54) is 0 Å². The summed E-state index contributed by atoms with van der Waals surface area (Å²) in [5.41, 5.74) is 6.19. The maximum absolute atomic E-state index is 14.1. The number of nitrogens with one attached hydrogen (secondary N) is 2. The first-order valence-electron chi connectivity index (χ1n) is 18.0. The standard InChI is InChI=1S/C35H57N3O16SSi/c1-18(40)37-24-21(42)15-34(32(47)49-3,51-13-14-56(5,6)7)53-29(24)27(45)23(16-36)52-35(33(48)50-4)31(55-20-11-9-8-10-12-20)28(46)25(38-19(2)41)30(54-35)26(44)22(43)17-39/h8-12,21-31,39,42-46H,13-17,36H2,1-7H3,(H,37,40)(H,38,41)/t21-,22+,23+,24+,25+,26+,27+,28+,29+,30+,31-,34+,35+/m0/s1. The average molecular weight is 836 g/mol. The number of carbonyl (C=O) groups is 4. The van der Waals surface area contributed by atoms with Gasteiger partial charge < -0.3 is 75.4 Å². The molecule has 3 rings (SSSR count). The minimum Gasteiger partial charge on any atom is -0.465 e. The van der Waals surface area contributed by atoms with Crippen molar-refractivity contribution >= 4 is 43.6 Å². The summed E-state index contributed by atoms with van der Waals surface area (Å²) >= 11 is 0.835. The van der Waals surface area contributed by atoms with Gasteiger partial charge in [-0.15, -0.1) is 11.8 Å². The van der Waals surface area contributed by atoms with Gasteiger partial charge in [0.1, 0.15) is 41.9 Å². The molecule has 2 amide bonds. The van der Waals surface area contributed by atoms with Crippen molar-refractivity contribution in [2.24, 2.45) is 5.73 Å². The number of benzene rings is 1. The van der Waals surface area contributed by atoms with Gasteiger partial charge in [0.2, 0.25) is 11.8 Å². The van der Waals surface area contributed by atoms with Gasteiger partial charge in [-0.25, -0.2) is 9.59 Å². The third-order valence-corrected chi connectivity index (χ3v) is 12.5. The van der Waals surface area contributed by atoms with E-state index in [2.05, 4.69) is 30.3 Å². The van der Waals surface area contributed by atoms with Crippen molar-refractivity contribution in [2.45, 2.75) is 129 Å². The number of rotatable bonds is 18. The maximum atomic E-state index is 14.1. The van der Waals surface area contributed by atoms with Crippen LogP contribution < -0.4 is 16.4 Å². The molecule has 0 spiro atoms. The van der Waals surface area contributed by atoms with Gasteiger partial charge in [-0.1, -0.05) is 37.8 Å². The van der Waals surface area contributed by atoms with Gasteiger partial charge in [-0.3, -0.25) is 9.59 Å². The maximum Gasteiger partial charge on any atom is 0.367 e. The Bertz CT molecular complexity index is 1480. The van der Waals surface area contributed by atoms with Crippen LogP contribution in [0.5, 0.6) is 0 Å². The first-order valence-corrected chi connectivity index (χ1v) is 22.6. The number of carbonyl (C=O) groups excluding carboxylic acids is 4. The number of esters is 2. The number of nitrogens with two attached hydrogens (primary N) is 1. The molecule has 13 atom stereocenters. The zero-order valence-corrected chi connectivity index (χ0v) is 34.3. The molecule has 2 aliphatic rings. The first-order chi connectivity index (χ1) is 26.2. The Morgan fingerprint density at radius 2 is 1.50 bits per heavy atom. The van der Waals surface area contributed by atoms with Crippen LogP contribution in [0.1, 0.15) is 20.3 Å². The lowest BCUT2D eigenvalue weighted by molar-refractivity contribution is -0.340. The van der Waals surface area contributed by atoms with E-state index in [4.69, 9.17) is 34.2 Å².